The number of halogens is 1. The molecule has 0 N–H and O–H groups in total. The van der Waals surface area contributed by atoms with Crippen molar-refractivity contribution in [3.05, 3.63) is 30.1 Å². The Hall–Kier alpha value is -1.51. The van der Waals surface area contributed by atoms with Gasteiger partial charge in [-0.3, -0.25) is 9.69 Å². The fraction of sp³-hybridized carbons (Fsp3) is 0.667. The third kappa shape index (κ3) is 4.49. The Morgan fingerprint density at radius 2 is 1.66 bits per heavy atom. The summed E-state index contributed by atoms with van der Waals surface area (Å²) in [5.41, 5.74) is 0. The second-order valence-corrected chi connectivity index (χ2v) is 10.5. The lowest BCUT2D eigenvalue weighted by Gasteiger charge is -2.42. The average molecular weight is 424 g/mol. The number of nitrogens with zero attached hydrogens (tertiary/aromatic N) is 3. The highest BCUT2D eigenvalue weighted by Gasteiger charge is 2.34. The van der Waals surface area contributed by atoms with Crippen LogP contribution < -0.4 is 0 Å². The molecule has 2 atom stereocenters. The second-order valence-electron chi connectivity index (χ2n) is 8.54. The number of rotatable bonds is 4. The Morgan fingerprint density at radius 1 is 0.966 bits per heavy atom. The third-order valence-corrected chi connectivity index (χ3v) is 8.71. The molecule has 1 amide bonds. The molecule has 0 unspecified atom stereocenters. The molecule has 0 radical (unpaired) electrons. The molecule has 1 aromatic rings. The first-order chi connectivity index (χ1) is 13.9. The molecule has 29 heavy (non-hydrogen) atoms. The van der Waals surface area contributed by atoms with Gasteiger partial charge in [-0.25, -0.2) is 12.8 Å². The molecule has 4 rings (SSSR count). The van der Waals surface area contributed by atoms with E-state index in [1.807, 2.05) is 0 Å². The van der Waals surface area contributed by atoms with Crippen LogP contribution in [0.4, 0.5) is 4.39 Å². The maximum Gasteiger partial charge on any atom is 0.246 e. The molecule has 0 spiro atoms. The molecule has 3 fully saturated rings. The number of benzene rings is 1. The highest BCUT2D eigenvalue weighted by molar-refractivity contribution is 7.89. The lowest BCUT2D eigenvalue weighted by Crippen LogP contribution is -2.53. The summed E-state index contributed by atoms with van der Waals surface area (Å²) in [4.78, 5) is 16.5. The first kappa shape index (κ1) is 20.8. The molecular formula is C21H30FN3O3S. The van der Waals surface area contributed by atoms with Crippen LogP contribution in [0.5, 0.6) is 0 Å². The zero-order valence-corrected chi connectivity index (χ0v) is 17.6. The first-order valence-electron chi connectivity index (χ1n) is 10.7. The molecule has 2 saturated heterocycles. The van der Waals surface area contributed by atoms with E-state index in [1.54, 1.807) is 4.90 Å². The molecule has 1 saturated carbocycles. The smallest absolute Gasteiger partial charge is 0.246 e. The van der Waals surface area contributed by atoms with Crippen molar-refractivity contribution in [2.75, 3.05) is 45.8 Å². The number of piperazine rings is 1. The summed E-state index contributed by atoms with van der Waals surface area (Å²) in [6, 6.07) is 5.44. The maximum atomic E-state index is 13.9. The lowest BCUT2D eigenvalue weighted by atomic mass is 9.75. The van der Waals surface area contributed by atoms with Crippen LogP contribution in [0.15, 0.2) is 29.2 Å². The van der Waals surface area contributed by atoms with Gasteiger partial charge in [-0.1, -0.05) is 31.4 Å². The molecule has 6 nitrogen and oxygen atoms in total. The molecule has 160 valence electrons. The minimum atomic E-state index is -3.87. The average Bonchev–Trinajstić information content (AvgIpc) is 2.74. The van der Waals surface area contributed by atoms with Crippen molar-refractivity contribution >= 4 is 15.9 Å². The Labute approximate surface area is 172 Å². The van der Waals surface area contributed by atoms with Gasteiger partial charge in [0.15, 0.2) is 0 Å². The Kier molecular flexibility index (Phi) is 6.22. The summed E-state index contributed by atoms with van der Waals surface area (Å²) >= 11 is 0. The predicted octanol–water partition coefficient (Wildman–Crippen LogP) is 2.17. The third-order valence-electron chi connectivity index (χ3n) is 6.78. The van der Waals surface area contributed by atoms with Gasteiger partial charge in [-0.15, -0.1) is 0 Å². The summed E-state index contributed by atoms with van der Waals surface area (Å²) in [5, 5.41) is 0. The summed E-state index contributed by atoms with van der Waals surface area (Å²) < 4.78 is 40.6. The van der Waals surface area contributed by atoms with Crippen LogP contribution >= 0.6 is 0 Å². The van der Waals surface area contributed by atoms with Gasteiger partial charge in [-0.05, 0) is 43.4 Å². The molecule has 8 heteroatoms. The van der Waals surface area contributed by atoms with Crippen molar-refractivity contribution in [3.63, 3.8) is 0 Å². The maximum absolute atomic E-state index is 13.9. The van der Waals surface area contributed by atoms with Gasteiger partial charge in [0.1, 0.15) is 10.7 Å². The molecular weight excluding hydrogens is 393 g/mol. The van der Waals surface area contributed by atoms with Gasteiger partial charge in [0.25, 0.3) is 0 Å². The van der Waals surface area contributed by atoms with Gasteiger partial charge in [0, 0.05) is 32.7 Å². The van der Waals surface area contributed by atoms with Gasteiger partial charge in [0.2, 0.25) is 15.9 Å². The topological polar surface area (TPSA) is 60.9 Å². The zero-order chi connectivity index (χ0) is 20.4. The van der Waals surface area contributed by atoms with Crippen LogP contribution in [0.1, 0.15) is 32.1 Å². The molecule has 0 bridgehead atoms. The van der Waals surface area contributed by atoms with Crippen LogP contribution in [0.3, 0.4) is 0 Å². The van der Waals surface area contributed by atoms with E-state index in [2.05, 4.69) is 4.90 Å². The van der Waals surface area contributed by atoms with Crippen LogP contribution in [0, 0.1) is 17.7 Å². The van der Waals surface area contributed by atoms with Crippen molar-refractivity contribution in [2.45, 2.75) is 37.0 Å². The summed E-state index contributed by atoms with van der Waals surface area (Å²) in [7, 11) is -3.87. The van der Waals surface area contributed by atoms with E-state index in [-0.39, 0.29) is 23.9 Å². The zero-order valence-electron chi connectivity index (χ0n) is 16.8. The molecule has 1 aromatic carbocycles. The normalized spacial score (nSPS) is 26.9. The monoisotopic (exact) mass is 423 g/mol. The number of hydrogen-bond donors (Lipinski definition) is 0. The SMILES string of the molecule is O=C(CN1CC[C@H]2CCCC[C@@H]2C1)N1CCN(S(=O)(=O)c2ccccc2F)CC1. The van der Waals surface area contributed by atoms with E-state index in [0.29, 0.717) is 19.6 Å². The van der Waals surface area contributed by atoms with Crippen LogP contribution in [-0.2, 0) is 14.8 Å². The number of sulfonamides is 1. The van der Waals surface area contributed by atoms with Crippen LogP contribution in [0.25, 0.3) is 0 Å². The molecule has 2 aliphatic heterocycles. The number of hydrogen-bond acceptors (Lipinski definition) is 4. The fourth-order valence-corrected chi connectivity index (χ4v) is 6.57. The quantitative estimate of drug-likeness (QED) is 0.745. The van der Waals surface area contributed by atoms with E-state index in [4.69, 9.17) is 0 Å². The Balaban J connectivity index is 1.30. The van der Waals surface area contributed by atoms with Crippen LogP contribution in [-0.4, -0.2) is 74.2 Å². The number of fused-ring (bicyclic) bond motifs is 1. The standard InChI is InChI=1S/C21H30FN3O3S/c22-19-7-3-4-8-20(19)29(27,28)25-13-11-24(12-14-25)21(26)16-23-10-9-17-5-1-2-6-18(17)15-23/h3-4,7-8,17-18H,1-2,5-6,9-16H2/t17-,18-/m1/s1. The molecule has 1 aliphatic carbocycles. The largest absolute Gasteiger partial charge is 0.339 e. The Bertz CT molecular complexity index is 839. The van der Waals surface area contributed by atoms with E-state index in [0.717, 1.165) is 31.0 Å². The summed E-state index contributed by atoms with van der Waals surface area (Å²) in [6.45, 7) is 3.52. The van der Waals surface area contributed by atoms with Crippen molar-refractivity contribution in [1.82, 2.24) is 14.1 Å². The van der Waals surface area contributed by atoms with E-state index in [1.165, 1.54) is 54.6 Å². The van der Waals surface area contributed by atoms with E-state index >= 15 is 0 Å². The van der Waals surface area contributed by atoms with Crippen LogP contribution in [0.2, 0.25) is 0 Å². The molecule has 0 aromatic heterocycles. The van der Waals surface area contributed by atoms with E-state index in [9.17, 15) is 17.6 Å². The van der Waals surface area contributed by atoms with Crippen molar-refractivity contribution in [1.29, 1.82) is 0 Å². The van der Waals surface area contributed by atoms with Gasteiger partial charge < -0.3 is 4.90 Å². The van der Waals surface area contributed by atoms with Gasteiger partial charge in [-0.2, -0.15) is 4.31 Å². The lowest BCUT2D eigenvalue weighted by molar-refractivity contribution is -0.134. The first-order valence-corrected chi connectivity index (χ1v) is 12.1. The van der Waals surface area contributed by atoms with Crippen molar-refractivity contribution in [3.8, 4) is 0 Å². The Morgan fingerprint density at radius 3 is 2.38 bits per heavy atom. The van der Waals surface area contributed by atoms with Crippen molar-refractivity contribution in [2.24, 2.45) is 11.8 Å². The molecule has 2 heterocycles. The van der Waals surface area contributed by atoms with Gasteiger partial charge >= 0.3 is 0 Å². The number of piperidine rings is 1. The minimum absolute atomic E-state index is 0.0715. The predicted molar refractivity (Wildman–Crippen MR) is 108 cm³/mol. The van der Waals surface area contributed by atoms with E-state index < -0.39 is 15.8 Å². The highest BCUT2D eigenvalue weighted by Crippen LogP contribution is 2.36. The summed E-state index contributed by atoms with van der Waals surface area (Å²) in [6.07, 6.45) is 6.46. The number of carbonyl (C=O) groups excluding carboxylic acids is 1. The number of carbonyl (C=O) groups is 1. The highest BCUT2D eigenvalue weighted by atomic mass is 32.2. The molecule has 3 aliphatic rings. The minimum Gasteiger partial charge on any atom is -0.339 e. The fourth-order valence-electron chi connectivity index (χ4n) is 5.08. The number of amides is 1. The summed E-state index contributed by atoms with van der Waals surface area (Å²) in [5.74, 6) is 0.898. The second kappa shape index (κ2) is 8.70. The van der Waals surface area contributed by atoms with Gasteiger partial charge in [0.05, 0.1) is 6.54 Å². The van der Waals surface area contributed by atoms with Crippen molar-refractivity contribution < 1.29 is 17.6 Å². The number of likely N-dealkylation sites (tertiary alicyclic amines) is 1.